The van der Waals surface area contributed by atoms with Crippen LogP contribution >= 0.6 is 0 Å². The minimum Gasteiger partial charge on any atom is -0.466 e. The smallest absolute Gasteiger partial charge is 0.407 e. The molecular formula is C19H24N4O4. The van der Waals surface area contributed by atoms with Crippen LogP contribution in [0.1, 0.15) is 52.0 Å². The Bertz CT molecular complexity index is 773. The molecule has 1 fully saturated rings. The Morgan fingerprint density at radius 3 is 2.70 bits per heavy atom. The van der Waals surface area contributed by atoms with Crippen LogP contribution in [-0.4, -0.2) is 41.3 Å². The van der Waals surface area contributed by atoms with Crippen LogP contribution in [-0.2, 0) is 9.53 Å². The summed E-state index contributed by atoms with van der Waals surface area (Å²) in [5, 5.41) is 12.0. The third kappa shape index (κ3) is 4.48. The minimum atomic E-state index is -0.531. The molecule has 1 aromatic rings. The van der Waals surface area contributed by atoms with E-state index in [9.17, 15) is 9.59 Å². The van der Waals surface area contributed by atoms with Crippen molar-refractivity contribution in [3.8, 4) is 11.9 Å². The van der Waals surface area contributed by atoms with Crippen molar-refractivity contribution in [3.63, 3.8) is 0 Å². The van der Waals surface area contributed by atoms with Gasteiger partial charge in [0.05, 0.1) is 5.56 Å². The lowest BCUT2D eigenvalue weighted by Gasteiger charge is -2.39. The molecule has 1 aromatic heterocycles. The van der Waals surface area contributed by atoms with Gasteiger partial charge in [0.1, 0.15) is 17.4 Å². The van der Waals surface area contributed by atoms with E-state index < -0.39 is 11.7 Å². The summed E-state index contributed by atoms with van der Waals surface area (Å²) >= 11 is 0. The number of pyridine rings is 1. The number of amides is 2. The number of nitriles is 1. The molecule has 2 heterocycles. The summed E-state index contributed by atoms with van der Waals surface area (Å²) in [4.78, 5) is 30.3. The number of aromatic nitrogens is 1. The number of anilines is 1. The molecule has 0 unspecified atom stereocenters. The van der Waals surface area contributed by atoms with Crippen molar-refractivity contribution in [1.82, 2.24) is 10.3 Å². The first-order valence-corrected chi connectivity index (χ1v) is 9.11. The van der Waals surface area contributed by atoms with Crippen molar-refractivity contribution in [2.24, 2.45) is 0 Å². The monoisotopic (exact) mass is 372 g/mol. The number of fused-ring (bicyclic) bond motifs is 1. The van der Waals surface area contributed by atoms with Gasteiger partial charge < -0.3 is 19.7 Å². The molecule has 1 aliphatic carbocycles. The van der Waals surface area contributed by atoms with E-state index in [4.69, 9.17) is 14.7 Å². The molecule has 0 atom stereocenters. The minimum absolute atomic E-state index is 0.00687. The van der Waals surface area contributed by atoms with E-state index in [-0.39, 0.29) is 24.6 Å². The number of nitrogens with zero attached hydrogens (tertiary/aromatic N) is 3. The highest BCUT2D eigenvalue weighted by molar-refractivity contribution is 5.98. The summed E-state index contributed by atoms with van der Waals surface area (Å²) in [7, 11) is 0. The molecule has 0 radical (unpaired) electrons. The lowest BCUT2D eigenvalue weighted by Crippen LogP contribution is -2.50. The average Bonchev–Trinajstić information content (AvgIpc) is 2.60. The molecule has 0 aromatic carbocycles. The van der Waals surface area contributed by atoms with Crippen LogP contribution in [0.4, 0.5) is 10.5 Å². The third-order valence-electron chi connectivity index (χ3n) is 4.60. The van der Waals surface area contributed by atoms with Crippen LogP contribution < -0.4 is 15.0 Å². The van der Waals surface area contributed by atoms with Gasteiger partial charge in [-0.1, -0.05) is 0 Å². The van der Waals surface area contributed by atoms with Crippen LogP contribution in [0.25, 0.3) is 0 Å². The van der Waals surface area contributed by atoms with E-state index in [1.165, 1.54) is 6.20 Å². The number of rotatable bonds is 2. The molecule has 1 aliphatic heterocycles. The zero-order valence-electron chi connectivity index (χ0n) is 15.8. The zero-order chi connectivity index (χ0) is 19.6. The number of nitrogens with one attached hydrogen (secondary N) is 1. The summed E-state index contributed by atoms with van der Waals surface area (Å²) in [6.07, 6.45) is 3.99. The second-order valence-corrected chi connectivity index (χ2v) is 7.86. The number of ether oxygens (including phenoxy) is 2. The maximum absolute atomic E-state index is 12.5. The van der Waals surface area contributed by atoms with Gasteiger partial charge in [0, 0.05) is 18.3 Å². The predicted octanol–water partition coefficient (Wildman–Crippen LogP) is 2.51. The Balaban J connectivity index is 1.65. The molecule has 1 N–H and O–H groups in total. The fourth-order valence-corrected chi connectivity index (χ4v) is 3.47. The summed E-state index contributed by atoms with van der Waals surface area (Å²) < 4.78 is 10.7. The van der Waals surface area contributed by atoms with Crippen LogP contribution in [0, 0.1) is 11.3 Å². The summed E-state index contributed by atoms with van der Waals surface area (Å²) in [6.45, 7) is 5.43. The molecule has 0 saturated heterocycles. The largest absolute Gasteiger partial charge is 0.466 e. The van der Waals surface area contributed by atoms with Crippen molar-refractivity contribution in [3.05, 3.63) is 17.8 Å². The summed E-state index contributed by atoms with van der Waals surface area (Å²) in [5.41, 5.74) is 0.405. The van der Waals surface area contributed by atoms with Crippen LogP contribution in [0.3, 0.4) is 0 Å². The quantitative estimate of drug-likeness (QED) is 0.855. The van der Waals surface area contributed by atoms with Crippen molar-refractivity contribution < 1.29 is 19.1 Å². The molecular weight excluding hydrogens is 348 g/mol. The van der Waals surface area contributed by atoms with E-state index in [0.717, 1.165) is 25.7 Å². The number of alkyl carbamates (subject to hydrolysis) is 1. The summed E-state index contributed by atoms with van der Waals surface area (Å²) in [6, 6.07) is 3.70. The van der Waals surface area contributed by atoms with Crippen LogP contribution in [0.5, 0.6) is 5.88 Å². The lowest BCUT2D eigenvalue weighted by atomic mass is 9.89. The maximum atomic E-state index is 12.5. The average molecular weight is 372 g/mol. The van der Waals surface area contributed by atoms with E-state index in [0.29, 0.717) is 17.1 Å². The van der Waals surface area contributed by atoms with Gasteiger partial charge in [-0.2, -0.15) is 5.26 Å². The number of carbonyl (C=O) groups is 2. The molecule has 1 saturated carbocycles. The molecule has 27 heavy (non-hydrogen) atoms. The summed E-state index contributed by atoms with van der Waals surface area (Å²) in [5.74, 6) is 0.241. The third-order valence-corrected chi connectivity index (χ3v) is 4.60. The SMILES string of the molecule is CC(C)(C)OC(=O)NC1CCC(N2C(=O)COc3ncc(C#N)cc32)CC1. The molecule has 0 bridgehead atoms. The predicted molar refractivity (Wildman–Crippen MR) is 97.3 cm³/mol. The molecule has 2 amide bonds. The number of carbonyl (C=O) groups excluding carboxylic acids is 2. The first-order chi connectivity index (χ1) is 12.8. The van der Waals surface area contributed by atoms with E-state index in [2.05, 4.69) is 10.3 Å². The topological polar surface area (TPSA) is 105 Å². The lowest BCUT2D eigenvalue weighted by molar-refractivity contribution is -0.122. The Morgan fingerprint density at radius 1 is 1.37 bits per heavy atom. The van der Waals surface area contributed by atoms with E-state index in [1.807, 2.05) is 26.8 Å². The van der Waals surface area contributed by atoms with Crippen LogP contribution in [0.2, 0.25) is 0 Å². The second-order valence-electron chi connectivity index (χ2n) is 7.86. The number of hydrogen-bond acceptors (Lipinski definition) is 6. The molecule has 144 valence electrons. The van der Waals surface area contributed by atoms with Gasteiger partial charge >= 0.3 is 6.09 Å². The van der Waals surface area contributed by atoms with Gasteiger partial charge in [-0.25, -0.2) is 9.78 Å². The number of hydrogen-bond donors (Lipinski definition) is 1. The van der Waals surface area contributed by atoms with Gasteiger partial charge in [-0.05, 0) is 52.5 Å². The normalized spacial score (nSPS) is 22.3. The highest BCUT2D eigenvalue weighted by Crippen LogP contribution is 2.36. The van der Waals surface area contributed by atoms with Gasteiger partial charge in [0.25, 0.3) is 5.91 Å². The molecule has 8 heteroatoms. The Labute approximate surface area is 158 Å². The molecule has 8 nitrogen and oxygen atoms in total. The maximum Gasteiger partial charge on any atom is 0.407 e. The van der Waals surface area contributed by atoms with Gasteiger partial charge in [0.15, 0.2) is 6.61 Å². The van der Waals surface area contributed by atoms with Crippen molar-refractivity contribution in [2.45, 2.75) is 64.1 Å². The molecule has 0 spiro atoms. The standard InChI is InChI=1S/C19H24N4O4/c1-19(2,3)27-18(25)22-13-4-6-14(7-5-13)23-15-8-12(9-20)10-21-17(15)26-11-16(23)24/h8,10,13-14H,4-7,11H2,1-3H3,(H,22,25). The van der Waals surface area contributed by atoms with Crippen LogP contribution in [0.15, 0.2) is 12.3 Å². The van der Waals surface area contributed by atoms with E-state index >= 15 is 0 Å². The van der Waals surface area contributed by atoms with Crippen molar-refractivity contribution in [1.29, 1.82) is 5.26 Å². The second kappa shape index (κ2) is 7.43. The van der Waals surface area contributed by atoms with Crippen molar-refractivity contribution >= 4 is 17.7 Å². The Hall–Kier alpha value is -2.82. The highest BCUT2D eigenvalue weighted by atomic mass is 16.6. The highest BCUT2D eigenvalue weighted by Gasteiger charge is 2.35. The van der Waals surface area contributed by atoms with Gasteiger partial charge in [0.2, 0.25) is 5.88 Å². The van der Waals surface area contributed by atoms with Gasteiger partial charge in [-0.3, -0.25) is 4.79 Å². The Kier molecular flexibility index (Phi) is 5.22. The first kappa shape index (κ1) is 19.0. The van der Waals surface area contributed by atoms with Gasteiger partial charge in [-0.15, -0.1) is 0 Å². The molecule has 2 aliphatic rings. The first-order valence-electron chi connectivity index (χ1n) is 9.11. The van der Waals surface area contributed by atoms with Crippen molar-refractivity contribution in [2.75, 3.05) is 11.5 Å². The molecule has 3 rings (SSSR count). The zero-order valence-corrected chi connectivity index (χ0v) is 15.8. The van der Waals surface area contributed by atoms with E-state index in [1.54, 1.807) is 11.0 Å². The fraction of sp³-hybridized carbons (Fsp3) is 0.579. The Morgan fingerprint density at radius 2 is 2.07 bits per heavy atom. The fourth-order valence-electron chi connectivity index (χ4n) is 3.47.